The molecule has 1 fully saturated rings. The molecule has 0 amide bonds. The summed E-state index contributed by atoms with van der Waals surface area (Å²) in [6.07, 6.45) is 5.69. The van der Waals surface area contributed by atoms with E-state index in [-0.39, 0.29) is 6.04 Å². The Morgan fingerprint density at radius 3 is 2.56 bits per heavy atom. The number of piperidine rings is 1. The smallest absolute Gasteiger partial charge is 0.225 e. The van der Waals surface area contributed by atoms with Crippen LogP contribution in [0.4, 0.5) is 5.95 Å². The van der Waals surface area contributed by atoms with Gasteiger partial charge < -0.3 is 10.6 Å². The molecule has 0 bridgehead atoms. The highest BCUT2D eigenvalue weighted by Crippen LogP contribution is 2.18. The standard InChI is InChI=1S/C12H20N4/c1-9(13)11-8-14-12(15-10(11)2)16-6-4-3-5-7-16/h8-9H,3-7,13H2,1-2H3. The van der Waals surface area contributed by atoms with Gasteiger partial charge >= 0.3 is 0 Å². The number of aromatic nitrogens is 2. The first kappa shape index (κ1) is 11.3. The van der Waals surface area contributed by atoms with E-state index >= 15 is 0 Å². The molecule has 0 aromatic carbocycles. The van der Waals surface area contributed by atoms with Crippen LogP contribution in [0.3, 0.4) is 0 Å². The monoisotopic (exact) mass is 220 g/mol. The predicted molar refractivity (Wildman–Crippen MR) is 65.4 cm³/mol. The van der Waals surface area contributed by atoms with Gasteiger partial charge in [-0.1, -0.05) is 0 Å². The van der Waals surface area contributed by atoms with Crippen LogP contribution >= 0.6 is 0 Å². The number of hydrogen-bond donors (Lipinski definition) is 1. The van der Waals surface area contributed by atoms with Gasteiger partial charge in [0.05, 0.1) is 0 Å². The van der Waals surface area contributed by atoms with Crippen molar-refractivity contribution in [2.75, 3.05) is 18.0 Å². The lowest BCUT2D eigenvalue weighted by atomic mass is 10.1. The number of hydrogen-bond acceptors (Lipinski definition) is 4. The highest BCUT2D eigenvalue weighted by Gasteiger charge is 2.15. The van der Waals surface area contributed by atoms with Crippen molar-refractivity contribution in [3.8, 4) is 0 Å². The van der Waals surface area contributed by atoms with E-state index in [0.29, 0.717) is 0 Å². The second-order valence-electron chi connectivity index (χ2n) is 4.55. The van der Waals surface area contributed by atoms with Gasteiger partial charge in [-0.25, -0.2) is 9.97 Å². The minimum Gasteiger partial charge on any atom is -0.341 e. The fraction of sp³-hybridized carbons (Fsp3) is 0.667. The molecule has 16 heavy (non-hydrogen) atoms. The molecule has 0 saturated carbocycles. The number of rotatable bonds is 2. The van der Waals surface area contributed by atoms with E-state index in [1.807, 2.05) is 20.0 Å². The Morgan fingerprint density at radius 1 is 1.31 bits per heavy atom. The van der Waals surface area contributed by atoms with Gasteiger partial charge in [-0.3, -0.25) is 0 Å². The van der Waals surface area contributed by atoms with Gasteiger partial charge in [0.2, 0.25) is 5.95 Å². The van der Waals surface area contributed by atoms with Crippen LogP contribution in [0.25, 0.3) is 0 Å². The van der Waals surface area contributed by atoms with Crippen LogP contribution in [0.1, 0.15) is 43.5 Å². The second-order valence-corrected chi connectivity index (χ2v) is 4.55. The van der Waals surface area contributed by atoms with Crippen LogP contribution in [0.2, 0.25) is 0 Å². The zero-order chi connectivity index (χ0) is 11.5. The minimum atomic E-state index is 0.00964. The third-order valence-corrected chi connectivity index (χ3v) is 3.13. The van der Waals surface area contributed by atoms with Crippen LogP contribution in [0.5, 0.6) is 0 Å². The van der Waals surface area contributed by atoms with Gasteiger partial charge in [-0.05, 0) is 33.1 Å². The summed E-state index contributed by atoms with van der Waals surface area (Å²) in [6, 6.07) is 0.00964. The van der Waals surface area contributed by atoms with Gasteiger partial charge in [0.15, 0.2) is 0 Å². The maximum absolute atomic E-state index is 5.85. The number of nitrogens with two attached hydrogens (primary N) is 1. The molecule has 1 aliphatic rings. The molecule has 88 valence electrons. The topological polar surface area (TPSA) is 55.0 Å². The molecule has 1 aromatic rings. The molecule has 4 heteroatoms. The summed E-state index contributed by atoms with van der Waals surface area (Å²) >= 11 is 0. The lowest BCUT2D eigenvalue weighted by molar-refractivity contribution is 0.567. The fourth-order valence-electron chi connectivity index (χ4n) is 2.16. The molecule has 2 heterocycles. The van der Waals surface area contributed by atoms with Crippen molar-refractivity contribution in [3.05, 3.63) is 17.5 Å². The Balaban J connectivity index is 2.19. The van der Waals surface area contributed by atoms with E-state index in [1.165, 1.54) is 19.3 Å². The third kappa shape index (κ3) is 2.32. The molecule has 1 aromatic heterocycles. The van der Waals surface area contributed by atoms with Crippen molar-refractivity contribution < 1.29 is 0 Å². The van der Waals surface area contributed by atoms with Gasteiger partial charge in [-0.15, -0.1) is 0 Å². The van der Waals surface area contributed by atoms with Crippen molar-refractivity contribution >= 4 is 5.95 Å². The van der Waals surface area contributed by atoms with Gasteiger partial charge in [0, 0.05) is 36.6 Å². The van der Waals surface area contributed by atoms with Gasteiger partial charge in [0.25, 0.3) is 0 Å². The Morgan fingerprint density at radius 2 is 2.00 bits per heavy atom. The molecule has 2 N–H and O–H groups in total. The van der Waals surface area contributed by atoms with Crippen LogP contribution < -0.4 is 10.6 Å². The molecule has 1 aliphatic heterocycles. The normalized spacial score (nSPS) is 18.6. The summed E-state index contributed by atoms with van der Waals surface area (Å²) < 4.78 is 0. The van der Waals surface area contributed by atoms with E-state index in [1.54, 1.807) is 0 Å². The molecule has 2 rings (SSSR count). The molecular weight excluding hydrogens is 200 g/mol. The molecule has 4 nitrogen and oxygen atoms in total. The zero-order valence-corrected chi connectivity index (χ0v) is 10.1. The molecule has 0 spiro atoms. The van der Waals surface area contributed by atoms with E-state index in [2.05, 4.69) is 14.9 Å². The summed E-state index contributed by atoms with van der Waals surface area (Å²) in [5.41, 5.74) is 7.90. The average molecular weight is 220 g/mol. The Kier molecular flexibility index (Phi) is 3.39. The van der Waals surface area contributed by atoms with Crippen LogP contribution in [-0.4, -0.2) is 23.1 Å². The Labute approximate surface area is 96.9 Å². The molecule has 1 unspecified atom stereocenters. The largest absolute Gasteiger partial charge is 0.341 e. The summed E-state index contributed by atoms with van der Waals surface area (Å²) in [5.74, 6) is 0.863. The number of aryl methyl sites for hydroxylation is 1. The van der Waals surface area contributed by atoms with Crippen molar-refractivity contribution in [2.24, 2.45) is 5.73 Å². The van der Waals surface area contributed by atoms with E-state index < -0.39 is 0 Å². The SMILES string of the molecule is Cc1nc(N2CCCCC2)ncc1C(C)N. The first-order valence-electron chi connectivity index (χ1n) is 6.02. The van der Waals surface area contributed by atoms with E-state index in [9.17, 15) is 0 Å². The maximum atomic E-state index is 5.85. The van der Waals surface area contributed by atoms with Gasteiger partial charge in [0.1, 0.15) is 0 Å². The highest BCUT2D eigenvalue weighted by molar-refractivity contribution is 5.34. The maximum Gasteiger partial charge on any atom is 0.225 e. The number of anilines is 1. The summed E-state index contributed by atoms with van der Waals surface area (Å²) in [4.78, 5) is 11.2. The van der Waals surface area contributed by atoms with Crippen molar-refractivity contribution in [3.63, 3.8) is 0 Å². The van der Waals surface area contributed by atoms with E-state index in [0.717, 1.165) is 30.3 Å². The van der Waals surface area contributed by atoms with Crippen LogP contribution in [0.15, 0.2) is 6.20 Å². The highest BCUT2D eigenvalue weighted by atomic mass is 15.2. The van der Waals surface area contributed by atoms with Crippen LogP contribution in [0, 0.1) is 6.92 Å². The second kappa shape index (κ2) is 4.78. The van der Waals surface area contributed by atoms with Crippen LogP contribution in [-0.2, 0) is 0 Å². The summed E-state index contributed by atoms with van der Waals surface area (Å²) in [6.45, 7) is 6.13. The molecule has 0 radical (unpaired) electrons. The zero-order valence-electron chi connectivity index (χ0n) is 10.1. The Bertz CT molecular complexity index is 356. The molecular formula is C12H20N4. The molecule has 1 atom stereocenters. The quantitative estimate of drug-likeness (QED) is 0.825. The lowest BCUT2D eigenvalue weighted by Crippen LogP contribution is -2.31. The van der Waals surface area contributed by atoms with Crippen molar-refractivity contribution in [1.82, 2.24) is 9.97 Å². The van der Waals surface area contributed by atoms with Crippen molar-refractivity contribution in [2.45, 2.75) is 39.2 Å². The molecule has 0 aliphatic carbocycles. The first-order chi connectivity index (χ1) is 7.68. The summed E-state index contributed by atoms with van der Waals surface area (Å²) in [7, 11) is 0. The minimum absolute atomic E-state index is 0.00964. The van der Waals surface area contributed by atoms with Gasteiger partial charge in [-0.2, -0.15) is 0 Å². The predicted octanol–water partition coefficient (Wildman–Crippen LogP) is 1.80. The Hall–Kier alpha value is -1.16. The summed E-state index contributed by atoms with van der Waals surface area (Å²) in [5, 5.41) is 0. The number of nitrogens with zero attached hydrogens (tertiary/aromatic N) is 3. The fourth-order valence-corrected chi connectivity index (χ4v) is 2.16. The third-order valence-electron chi connectivity index (χ3n) is 3.13. The van der Waals surface area contributed by atoms with E-state index in [4.69, 9.17) is 5.73 Å². The van der Waals surface area contributed by atoms with Crippen molar-refractivity contribution in [1.29, 1.82) is 0 Å². The molecule has 1 saturated heterocycles. The average Bonchev–Trinajstić information content (AvgIpc) is 2.29. The first-order valence-corrected chi connectivity index (χ1v) is 6.02. The lowest BCUT2D eigenvalue weighted by Gasteiger charge is -2.27.